The molecule has 2 aromatic rings. The molecule has 1 aliphatic rings. The number of benzene rings is 2. The Labute approximate surface area is 122 Å². The van der Waals surface area contributed by atoms with Crippen LogP contribution >= 0.6 is 0 Å². The maximum absolute atomic E-state index is 12.3. The molecule has 0 aromatic heterocycles. The summed E-state index contributed by atoms with van der Waals surface area (Å²) in [6.45, 7) is 0. The average Bonchev–Trinajstić information content (AvgIpc) is 2.78. The molecular weight excluding hydrogens is 266 g/mol. The molecule has 1 amide bonds. The standard InChI is InChI=1S/C17H15NO3/c19-15-17(16(20)21-18-15,11-13-7-3-1-4-8-13)12-14-9-5-2-6-10-14/h1-10H,11-12H2,(H,18,19). The van der Waals surface area contributed by atoms with Gasteiger partial charge in [-0.25, -0.2) is 4.79 Å². The number of nitrogens with one attached hydrogen (secondary N) is 1. The van der Waals surface area contributed by atoms with Crippen molar-refractivity contribution in [1.82, 2.24) is 5.48 Å². The van der Waals surface area contributed by atoms with Gasteiger partial charge in [-0.2, -0.15) is 5.48 Å². The quantitative estimate of drug-likeness (QED) is 0.873. The summed E-state index contributed by atoms with van der Waals surface area (Å²) in [5, 5.41) is 0. The molecule has 1 heterocycles. The normalized spacial score (nSPS) is 16.4. The summed E-state index contributed by atoms with van der Waals surface area (Å²) in [6, 6.07) is 19.0. The van der Waals surface area contributed by atoms with Crippen LogP contribution in [0.15, 0.2) is 60.7 Å². The van der Waals surface area contributed by atoms with E-state index in [0.717, 1.165) is 11.1 Å². The minimum Gasteiger partial charge on any atom is -0.340 e. The predicted molar refractivity (Wildman–Crippen MR) is 77.0 cm³/mol. The third-order valence-electron chi connectivity index (χ3n) is 3.76. The smallest absolute Gasteiger partial charge is 0.340 e. The van der Waals surface area contributed by atoms with Crippen molar-refractivity contribution in [2.45, 2.75) is 12.8 Å². The lowest BCUT2D eigenvalue weighted by atomic mass is 9.76. The van der Waals surface area contributed by atoms with Gasteiger partial charge in [-0.15, -0.1) is 0 Å². The van der Waals surface area contributed by atoms with Crippen LogP contribution in [-0.2, 0) is 27.3 Å². The number of rotatable bonds is 4. The van der Waals surface area contributed by atoms with Gasteiger partial charge in [0.15, 0.2) is 5.41 Å². The molecule has 0 spiro atoms. The van der Waals surface area contributed by atoms with Crippen LogP contribution in [0.4, 0.5) is 0 Å². The summed E-state index contributed by atoms with van der Waals surface area (Å²) in [7, 11) is 0. The van der Waals surface area contributed by atoms with E-state index < -0.39 is 11.4 Å². The molecular formula is C17H15NO3. The van der Waals surface area contributed by atoms with E-state index in [-0.39, 0.29) is 5.91 Å². The van der Waals surface area contributed by atoms with Crippen LogP contribution in [0.3, 0.4) is 0 Å². The van der Waals surface area contributed by atoms with E-state index in [0.29, 0.717) is 12.8 Å². The molecule has 1 N–H and O–H groups in total. The molecule has 1 aliphatic heterocycles. The number of carbonyl (C=O) groups is 2. The van der Waals surface area contributed by atoms with Gasteiger partial charge in [0.05, 0.1) is 0 Å². The summed E-state index contributed by atoms with van der Waals surface area (Å²) in [6.07, 6.45) is 0.654. The first-order valence-electron chi connectivity index (χ1n) is 6.80. The van der Waals surface area contributed by atoms with E-state index >= 15 is 0 Å². The zero-order valence-corrected chi connectivity index (χ0v) is 11.4. The van der Waals surface area contributed by atoms with Gasteiger partial charge in [0.1, 0.15) is 0 Å². The number of hydroxylamine groups is 1. The third-order valence-corrected chi connectivity index (χ3v) is 3.76. The molecule has 3 rings (SSSR count). The number of hydrogen-bond acceptors (Lipinski definition) is 3. The van der Waals surface area contributed by atoms with Crippen molar-refractivity contribution >= 4 is 11.9 Å². The minimum absolute atomic E-state index is 0.327. The van der Waals surface area contributed by atoms with Crippen molar-refractivity contribution in [2.24, 2.45) is 5.41 Å². The predicted octanol–water partition coefficient (Wildman–Crippen LogP) is 2.05. The molecule has 0 radical (unpaired) electrons. The Morgan fingerprint density at radius 2 is 1.29 bits per heavy atom. The summed E-state index contributed by atoms with van der Waals surface area (Å²) in [5.41, 5.74) is 2.89. The van der Waals surface area contributed by atoms with Crippen molar-refractivity contribution in [3.05, 3.63) is 71.8 Å². The summed E-state index contributed by atoms with van der Waals surface area (Å²) < 4.78 is 0. The van der Waals surface area contributed by atoms with E-state index in [2.05, 4.69) is 5.48 Å². The monoisotopic (exact) mass is 281 g/mol. The number of carbonyl (C=O) groups excluding carboxylic acids is 2. The molecule has 1 saturated heterocycles. The van der Waals surface area contributed by atoms with Crippen LogP contribution < -0.4 is 5.48 Å². The van der Waals surface area contributed by atoms with Gasteiger partial charge in [0.25, 0.3) is 5.91 Å². The SMILES string of the molecule is O=C1NOC(=O)C1(Cc1ccccc1)Cc1ccccc1. The Bertz CT molecular complexity index is 593. The molecule has 2 aromatic carbocycles. The molecule has 4 heteroatoms. The third kappa shape index (κ3) is 2.52. The lowest BCUT2D eigenvalue weighted by molar-refractivity contribution is -0.150. The highest BCUT2D eigenvalue weighted by Crippen LogP contribution is 2.33. The van der Waals surface area contributed by atoms with Crippen molar-refractivity contribution in [1.29, 1.82) is 0 Å². The van der Waals surface area contributed by atoms with Crippen molar-refractivity contribution in [3.8, 4) is 0 Å². The fourth-order valence-electron chi connectivity index (χ4n) is 2.64. The molecule has 0 aliphatic carbocycles. The summed E-state index contributed by atoms with van der Waals surface area (Å²) in [4.78, 5) is 29.3. The van der Waals surface area contributed by atoms with Crippen LogP contribution in [0.25, 0.3) is 0 Å². The summed E-state index contributed by atoms with van der Waals surface area (Å²) in [5.74, 6) is -0.889. The number of amides is 1. The van der Waals surface area contributed by atoms with Crippen LogP contribution in [0.1, 0.15) is 11.1 Å². The Hall–Kier alpha value is -2.62. The van der Waals surface area contributed by atoms with Crippen LogP contribution in [-0.4, -0.2) is 11.9 Å². The number of hydrogen-bond donors (Lipinski definition) is 1. The van der Waals surface area contributed by atoms with Crippen LogP contribution in [0.5, 0.6) is 0 Å². The van der Waals surface area contributed by atoms with Crippen molar-refractivity contribution in [2.75, 3.05) is 0 Å². The second kappa shape index (κ2) is 5.40. The molecule has 0 bridgehead atoms. The minimum atomic E-state index is -1.19. The van der Waals surface area contributed by atoms with Crippen molar-refractivity contribution < 1.29 is 14.4 Å². The van der Waals surface area contributed by atoms with Gasteiger partial charge in [-0.05, 0) is 24.0 Å². The molecule has 0 saturated carbocycles. The highest BCUT2D eigenvalue weighted by molar-refractivity contribution is 6.06. The van der Waals surface area contributed by atoms with Gasteiger partial charge in [-0.1, -0.05) is 60.7 Å². The maximum Gasteiger partial charge on any atom is 0.348 e. The Morgan fingerprint density at radius 1 is 0.810 bits per heavy atom. The maximum atomic E-state index is 12.3. The summed E-state index contributed by atoms with van der Waals surface area (Å²) >= 11 is 0. The first-order valence-corrected chi connectivity index (χ1v) is 6.80. The van der Waals surface area contributed by atoms with Gasteiger partial charge < -0.3 is 4.84 Å². The Balaban J connectivity index is 1.96. The van der Waals surface area contributed by atoms with E-state index in [1.165, 1.54) is 0 Å². The molecule has 0 atom stereocenters. The largest absolute Gasteiger partial charge is 0.348 e. The second-order valence-corrected chi connectivity index (χ2v) is 5.23. The van der Waals surface area contributed by atoms with Gasteiger partial charge in [0.2, 0.25) is 0 Å². The first kappa shape index (κ1) is 13.4. The zero-order chi connectivity index (χ0) is 14.7. The Kier molecular flexibility index (Phi) is 3.44. The van der Waals surface area contributed by atoms with Gasteiger partial charge in [-0.3, -0.25) is 4.79 Å². The highest BCUT2D eigenvalue weighted by atomic mass is 16.7. The van der Waals surface area contributed by atoms with Crippen LogP contribution in [0, 0.1) is 5.41 Å². The lowest BCUT2D eigenvalue weighted by Crippen LogP contribution is -2.39. The fourth-order valence-corrected chi connectivity index (χ4v) is 2.64. The highest BCUT2D eigenvalue weighted by Gasteiger charge is 2.52. The molecule has 1 fully saturated rings. The average molecular weight is 281 g/mol. The van der Waals surface area contributed by atoms with Gasteiger partial charge >= 0.3 is 5.97 Å². The lowest BCUT2D eigenvalue weighted by Gasteiger charge is -2.21. The molecule has 0 unspecified atom stereocenters. The molecule has 106 valence electrons. The first-order chi connectivity index (χ1) is 10.2. The second-order valence-electron chi connectivity index (χ2n) is 5.23. The van der Waals surface area contributed by atoms with Crippen LogP contribution in [0.2, 0.25) is 0 Å². The van der Waals surface area contributed by atoms with E-state index in [1.807, 2.05) is 60.7 Å². The fraction of sp³-hybridized carbons (Fsp3) is 0.176. The molecule has 21 heavy (non-hydrogen) atoms. The topological polar surface area (TPSA) is 55.4 Å². The van der Waals surface area contributed by atoms with E-state index in [9.17, 15) is 9.59 Å². The zero-order valence-electron chi connectivity index (χ0n) is 11.4. The van der Waals surface area contributed by atoms with E-state index in [1.54, 1.807) is 0 Å². The molecule has 4 nitrogen and oxygen atoms in total. The van der Waals surface area contributed by atoms with E-state index in [4.69, 9.17) is 4.84 Å². The van der Waals surface area contributed by atoms with Gasteiger partial charge in [0, 0.05) is 0 Å². The van der Waals surface area contributed by atoms with Crippen molar-refractivity contribution in [3.63, 3.8) is 0 Å². The Morgan fingerprint density at radius 3 is 1.67 bits per heavy atom.